The number of anilines is 1. The van der Waals surface area contributed by atoms with Crippen LogP contribution in [-0.4, -0.2) is 41.5 Å². The lowest BCUT2D eigenvalue weighted by molar-refractivity contribution is 0.0735. The highest BCUT2D eigenvalue weighted by molar-refractivity contribution is 7.16. The summed E-state index contributed by atoms with van der Waals surface area (Å²) < 4.78 is 11.2. The minimum absolute atomic E-state index is 0.0628. The molecular weight excluding hydrogens is 434 g/mol. The number of hydrogen-bond acceptors (Lipinski definition) is 7. The van der Waals surface area contributed by atoms with Crippen molar-refractivity contribution < 1.29 is 19.1 Å². The maximum absolute atomic E-state index is 13.1. The molecule has 3 heterocycles. The first-order valence-electron chi connectivity index (χ1n) is 10.1. The first-order chi connectivity index (χ1) is 15.1. The second-order valence-corrected chi connectivity index (χ2v) is 8.86. The number of ether oxygens (including phenoxy) is 2. The predicted octanol–water partition coefficient (Wildman–Crippen LogP) is 4.45. The third-order valence-corrected chi connectivity index (χ3v) is 6.64. The summed E-state index contributed by atoms with van der Waals surface area (Å²) in [6.45, 7) is 5.87. The summed E-state index contributed by atoms with van der Waals surface area (Å²) in [6, 6.07) is 8.91. The molecule has 0 unspecified atom stereocenters. The highest BCUT2D eigenvalue weighted by Gasteiger charge is 2.26. The monoisotopic (exact) mass is 457 g/mol. The zero-order valence-electron chi connectivity index (χ0n) is 17.3. The standard InChI is InChI=1S/C22H23N3O4S2/c1-3-28-16-8-7-14(12-17(16)29-4-2)21(27)25-10-9-15-19(13-25)31-22(23-15)24-20(26)18-6-5-11-30-18/h5-8,11-12H,3-4,9-10,13H2,1-2H3,(H,23,24,26). The second-order valence-electron chi connectivity index (χ2n) is 6.82. The van der Waals surface area contributed by atoms with Gasteiger partial charge in [-0.25, -0.2) is 4.98 Å². The minimum Gasteiger partial charge on any atom is -0.490 e. The molecule has 162 valence electrons. The van der Waals surface area contributed by atoms with E-state index in [4.69, 9.17) is 9.47 Å². The zero-order valence-corrected chi connectivity index (χ0v) is 19.0. The first kappa shape index (κ1) is 21.3. The van der Waals surface area contributed by atoms with Crippen LogP contribution >= 0.6 is 22.7 Å². The van der Waals surface area contributed by atoms with Gasteiger partial charge in [-0.3, -0.25) is 14.9 Å². The quantitative estimate of drug-likeness (QED) is 0.567. The van der Waals surface area contributed by atoms with E-state index in [0.717, 1.165) is 10.6 Å². The Morgan fingerprint density at radius 3 is 2.71 bits per heavy atom. The Morgan fingerprint density at radius 1 is 1.16 bits per heavy atom. The minimum atomic E-state index is -0.160. The molecule has 1 aromatic carbocycles. The predicted molar refractivity (Wildman–Crippen MR) is 122 cm³/mol. The molecule has 4 rings (SSSR count). The lowest BCUT2D eigenvalue weighted by Gasteiger charge is -2.26. The highest BCUT2D eigenvalue weighted by atomic mass is 32.1. The molecule has 1 aliphatic rings. The molecule has 0 saturated heterocycles. The van der Waals surface area contributed by atoms with E-state index < -0.39 is 0 Å². The average Bonchev–Trinajstić information content (AvgIpc) is 3.44. The van der Waals surface area contributed by atoms with Crippen LogP contribution in [0.5, 0.6) is 11.5 Å². The third kappa shape index (κ3) is 4.72. The van der Waals surface area contributed by atoms with Gasteiger partial charge in [0.1, 0.15) is 0 Å². The van der Waals surface area contributed by atoms with E-state index in [1.54, 1.807) is 29.2 Å². The molecular formula is C22H23N3O4S2. The van der Waals surface area contributed by atoms with Gasteiger partial charge in [0.2, 0.25) is 0 Å². The van der Waals surface area contributed by atoms with Crippen LogP contribution in [0.1, 0.15) is 44.4 Å². The van der Waals surface area contributed by atoms with Crippen LogP contribution in [0, 0.1) is 0 Å². The molecule has 0 bridgehead atoms. The average molecular weight is 458 g/mol. The Balaban J connectivity index is 1.47. The maximum Gasteiger partial charge on any atom is 0.267 e. The number of thiazole rings is 1. The number of thiophene rings is 1. The molecule has 2 amide bonds. The molecule has 0 spiro atoms. The summed E-state index contributed by atoms with van der Waals surface area (Å²) >= 11 is 2.81. The zero-order chi connectivity index (χ0) is 21.8. The van der Waals surface area contributed by atoms with Crippen LogP contribution in [0.2, 0.25) is 0 Å². The Kier molecular flexibility index (Phi) is 6.53. The fourth-order valence-electron chi connectivity index (χ4n) is 3.36. The number of amides is 2. The lowest BCUT2D eigenvalue weighted by Crippen LogP contribution is -2.35. The number of fused-ring (bicyclic) bond motifs is 1. The van der Waals surface area contributed by atoms with Gasteiger partial charge in [-0.2, -0.15) is 0 Å². The third-order valence-electron chi connectivity index (χ3n) is 4.77. The summed E-state index contributed by atoms with van der Waals surface area (Å²) in [5, 5.41) is 5.29. The van der Waals surface area contributed by atoms with Crippen molar-refractivity contribution in [3.05, 3.63) is 56.7 Å². The van der Waals surface area contributed by atoms with Gasteiger partial charge < -0.3 is 14.4 Å². The number of rotatable bonds is 7. The van der Waals surface area contributed by atoms with Gasteiger partial charge in [-0.05, 0) is 43.5 Å². The van der Waals surface area contributed by atoms with Crippen molar-refractivity contribution in [3.8, 4) is 11.5 Å². The van der Waals surface area contributed by atoms with Crippen LogP contribution in [0.25, 0.3) is 0 Å². The Bertz CT molecular complexity index is 1080. The summed E-state index contributed by atoms with van der Waals surface area (Å²) in [4.78, 5) is 33.4. The van der Waals surface area contributed by atoms with Crippen molar-refractivity contribution in [2.75, 3.05) is 25.1 Å². The van der Waals surface area contributed by atoms with Crippen LogP contribution in [0.15, 0.2) is 35.7 Å². The van der Waals surface area contributed by atoms with Crippen molar-refractivity contribution in [3.63, 3.8) is 0 Å². The Labute approximate surface area is 188 Å². The van der Waals surface area contributed by atoms with Gasteiger partial charge in [0.15, 0.2) is 16.6 Å². The molecule has 1 aliphatic heterocycles. The topological polar surface area (TPSA) is 80.8 Å². The molecule has 0 atom stereocenters. The van der Waals surface area contributed by atoms with Crippen molar-refractivity contribution in [1.29, 1.82) is 0 Å². The molecule has 31 heavy (non-hydrogen) atoms. The van der Waals surface area contributed by atoms with Gasteiger partial charge in [0.05, 0.1) is 30.3 Å². The maximum atomic E-state index is 13.1. The van der Waals surface area contributed by atoms with Crippen molar-refractivity contribution in [2.45, 2.75) is 26.8 Å². The molecule has 1 N–H and O–H groups in total. The smallest absolute Gasteiger partial charge is 0.267 e. The van der Waals surface area contributed by atoms with Gasteiger partial charge in [0, 0.05) is 23.4 Å². The number of benzene rings is 1. The highest BCUT2D eigenvalue weighted by Crippen LogP contribution is 2.32. The Morgan fingerprint density at radius 2 is 1.97 bits per heavy atom. The normalized spacial score (nSPS) is 12.9. The number of nitrogens with zero attached hydrogens (tertiary/aromatic N) is 2. The summed E-state index contributed by atoms with van der Waals surface area (Å²) in [5.41, 5.74) is 1.50. The first-order valence-corrected chi connectivity index (χ1v) is 11.8. The van der Waals surface area contributed by atoms with Crippen LogP contribution in [0.3, 0.4) is 0 Å². The van der Waals surface area contributed by atoms with Crippen LogP contribution < -0.4 is 14.8 Å². The molecule has 9 heteroatoms. The molecule has 7 nitrogen and oxygen atoms in total. The van der Waals surface area contributed by atoms with E-state index in [-0.39, 0.29) is 11.8 Å². The van der Waals surface area contributed by atoms with E-state index in [1.165, 1.54) is 22.7 Å². The van der Waals surface area contributed by atoms with Crippen molar-refractivity contribution in [2.24, 2.45) is 0 Å². The fraction of sp³-hybridized carbons (Fsp3) is 0.318. The van der Waals surface area contributed by atoms with E-state index in [0.29, 0.717) is 59.8 Å². The van der Waals surface area contributed by atoms with E-state index in [1.807, 2.05) is 25.3 Å². The largest absolute Gasteiger partial charge is 0.490 e. The van der Waals surface area contributed by atoms with Crippen LogP contribution in [-0.2, 0) is 13.0 Å². The number of nitrogens with one attached hydrogen (secondary N) is 1. The molecule has 3 aromatic rings. The number of carbonyl (C=O) groups is 2. The van der Waals surface area contributed by atoms with E-state index in [9.17, 15) is 9.59 Å². The molecule has 0 aliphatic carbocycles. The van der Waals surface area contributed by atoms with Gasteiger partial charge in [-0.1, -0.05) is 17.4 Å². The van der Waals surface area contributed by atoms with E-state index >= 15 is 0 Å². The number of hydrogen-bond donors (Lipinski definition) is 1. The fourth-order valence-corrected chi connectivity index (χ4v) is 4.99. The molecule has 0 fully saturated rings. The second kappa shape index (κ2) is 9.49. The summed E-state index contributed by atoms with van der Waals surface area (Å²) in [7, 11) is 0. The van der Waals surface area contributed by atoms with Crippen molar-refractivity contribution >= 4 is 39.6 Å². The van der Waals surface area contributed by atoms with E-state index in [2.05, 4.69) is 10.3 Å². The molecule has 2 aromatic heterocycles. The SMILES string of the molecule is CCOc1ccc(C(=O)N2CCc3nc(NC(=O)c4cccs4)sc3C2)cc1OCC. The summed E-state index contributed by atoms with van der Waals surface area (Å²) in [5.74, 6) is 0.985. The van der Waals surface area contributed by atoms with Gasteiger partial charge >= 0.3 is 0 Å². The van der Waals surface area contributed by atoms with Crippen molar-refractivity contribution in [1.82, 2.24) is 9.88 Å². The lowest BCUT2D eigenvalue weighted by atomic mass is 10.1. The molecule has 0 radical (unpaired) electrons. The Hall–Kier alpha value is -2.91. The van der Waals surface area contributed by atoms with Crippen LogP contribution in [0.4, 0.5) is 5.13 Å². The van der Waals surface area contributed by atoms with Gasteiger partial charge in [0.25, 0.3) is 11.8 Å². The summed E-state index contributed by atoms with van der Waals surface area (Å²) in [6.07, 6.45) is 0.655. The molecule has 0 saturated carbocycles. The van der Waals surface area contributed by atoms with Gasteiger partial charge in [-0.15, -0.1) is 11.3 Å². The number of carbonyl (C=O) groups excluding carboxylic acids is 2. The number of aromatic nitrogens is 1.